The molecule has 1 heterocycles. The van der Waals surface area contributed by atoms with Gasteiger partial charge in [-0.05, 0) is 79.3 Å². The van der Waals surface area contributed by atoms with Gasteiger partial charge in [0, 0.05) is 32.7 Å². The normalized spacial score (nSPS) is 14.0. The number of nitrogens with one attached hydrogen (secondary N) is 3. The van der Waals surface area contributed by atoms with Crippen LogP contribution in [0, 0.1) is 5.92 Å². The van der Waals surface area contributed by atoms with Gasteiger partial charge in [-0.3, -0.25) is 14.4 Å². The predicted octanol–water partition coefficient (Wildman–Crippen LogP) is 6.51. The Hall–Kier alpha value is -5.07. The number of amides is 3. The molecule has 248 valence electrons. The number of thiophene rings is 1. The third-order valence-electron chi connectivity index (χ3n) is 7.66. The Bertz CT molecular complexity index is 1870. The van der Waals surface area contributed by atoms with Crippen molar-refractivity contribution in [2.24, 2.45) is 5.92 Å². The molecule has 1 aliphatic rings. The summed E-state index contributed by atoms with van der Waals surface area (Å²) in [6.45, 7) is 2.18. The molecule has 3 amide bonds. The number of carbonyl (C=O) groups excluding carboxylic acids is 4. The maximum Gasteiger partial charge on any atom is 0.341 e. The van der Waals surface area contributed by atoms with Crippen molar-refractivity contribution < 1.29 is 33.8 Å². The number of hydrogen-bond acceptors (Lipinski definition) is 9. The zero-order valence-electron chi connectivity index (χ0n) is 26.6. The fourth-order valence-electron chi connectivity index (χ4n) is 5.25. The van der Waals surface area contributed by atoms with Gasteiger partial charge in [0.05, 0.1) is 25.5 Å². The molecule has 10 nitrogen and oxygen atoms in total. The summed E-state index contributed by atoms with van der Waals surface area (Å²) in [4.78, 5) is 54.0. The number of ether oxygens (including phenoxy) is 2. The molecule has 4 aromatic rings. The Balaban J connectivity index is 1.29. The van der Waals surface area contributed by atoms with Crippen LogP contribution in [0.4, 0.5) is 10.7 Å². The highest BCUT2D eigenvalue weighted by atomic mass is 32.2. The van der Waals surface area contributed by atoms with Gasteiger partial charge in [0.15, 0.2) is 0 Å². The van der Waals surface area contributed by atoms with E-state index in [0.717, 1.165) is 34.6 Å². The second kappa shape index (κ2) is 15.7. The van der Waals surface area contributed by atoms with Crippen LogP contribution in [-0.2, 0) is 27.2 Å². The van der Waals surface area contributed by atoms with Crippen LogP contribution >= 0.6 is 23.1 Å². The number of phenolic OH excluding ortho intramolecular Hbond substituents is 1. The summed E-state index contributed by atoms with van der Waals surface area (Å²) in [5.41, 5.74) is 2.62. The van der Waals surface area contributed by atoms with E-state index in [0.29, 0.717) is 39.0 Å². The van der Waals surface area contributed by atoms with Crippen LogP contribution in [0.2, 0.25) is 0 Å². The van der Waals surface area contributed by atoms with Crippen molar-refractivity contribution in [3.63, 3.8) is 0 Å². The Labute approximate surface area is 286 Å². The zero-order valence-corrected chi connectivity index (χ0v) is 28.3. The molecular weight excluding hydrogens is 651 g/mol. The molecule has 0 saturated carbocycles. The number of fused-ring (bicyclic) bond motifs is 1. The van der Waals surface area contributed by atoms with Gasteiger partial charge in [-0.15, -0.1) is 23.1 Å². The molecule has 5 rings (SSSR count). The van der Waals surface area contributed by atoms with Gasteiger partial charge < -0.3 is 30.5 Å². The van der Waals surface area contributed by atoms with Crippen LogP contribution < -0.4 is 20.7 Å². The first kappa shape index (κ1) is 34.3. The predicted molar refractivity (Wildman–Crippen MR) is 188 cm³/mol. The second-order valence-electron chi connectivity index (χ2n) is 11.2. The van der Waals surface area contributed by atoms with Gasteiger partial charge in [-0.1, -0.05) is 31.2 Å². The Morgan fingerprint density at radius 3 is 2.54 bits per heavy atom. The van der Waals surface area contributed by atoms with Crippen LogP contribution in [0.3, 0.4) is 0 Å². The monoisotopic (exact) mass is 685 g/mol. The Kier molecular flexibility index (Phi) is 11.2. The van der Waals surface area contributed by atoms with Crippen molar-refractivity contribution in [1.29, 1.82) is 0 Å². The summed E-state index contributed by atoms with van der Waals surface area (Å²) < 4.78 is 10.4. The van der Waals surface area contributed by atoms with E-state index in [1.807, 2.05) is 6.07 Å². The highest BCUT2D eigenvalue weighted by molar-refractivity contribution is 8.00. The summed E-state index contributed by atoms with van der Waals surface area (Å²) in [6.07, 6.45) is 4.08. The third-order valence-corrected chi connectivity index (χ3v) is 9.83. The number of phenols is 1. The van der Waals surface area contributed by atoms with E-state index in [9.17, 15) is 24.3 Å². The average Bonchev–Trinajstić information content (AvgIpc) is 3.44. The lowest BCUT2D eigenvalue weighted by molar-refractivity contribution is -0.114. The van der Waals surface area contributed by atoms with E-state index in [-0.39, 0.29) is 23.1 Å². The molecular formula is C36H35N3O7S2. The van der Waals surface area contributed by atoms with E-state index in [2.05, 4.69) is 22.9 Å². The molecule has 0 bridgehead atoms. The number of anilines is 2. The van der Waals surface area contributed by atoms with Crippen molar-refractivity contribution in [2.75, 3.05) is 30.6 Å². The Morgan fingerprint density at radius 1 is 1.00 bits per heavy atom. The highest BCUT2D eigenvalue weighted by Gasteiger charge is 2.29. The maximum absolute atomic E-state index is 13.6. The molecule has 0 saturated heterocycles. The molecule has 48 heavy (non-hydrogen) atoms. The van der Waals surface area contributed by atoms with Crippen molar-refractivity contribution in [2.45, 2.75) is 31.1 Å². The number of rotatable bonds is 11. The minimum absolute atomic E-state index is 0.0145. The van der Waals surface area contributed by atoms with Crippen LogP contribution in [0.25, 0.3) is 6.08 Å². The zero-order chi connectivity index (χ0) is 34.2. The van der Waals surface area contributed by atoms with Crippen molar-refractivity contribution in [3.8, 4) is 11.5 Å². The van der Waals surface area contributed by atoms with Gasteiger partial charge in [-0.25, -0.2) is 4.79 Å². The van der Waals surface area contributed by atoms with E-state index in [4.69, 9.17) is 9.47 Å². The molecule has 0 spiro atoms. The quantitative estimate of drug-likeness (QED) is 0.0795. The van der Waals surface area contributed by atoms with E-state index in [1.165, 1.54) is 55.5 Å². The molecule has 1 atom stereocenters. The number of methoxy groups -OCH3 is 2. The lowest BCUT2D eigenvalue weighted by Gasteiger charge is -2.18. The van der Waals surface area contributed by atoms with Crippen molar-refractivity contribution >= 4 is 63.6 Å². The molecule has 3 aromatic carbocycles. The topological polar surface area (TPSA) is 143 Å². The first-order valence-electron chi connectivity index (χ1n) is 15.2. The lowest BCUT2D eigenvalue weighted by atomic mass is 9.88. The van der Waals surface area contributed by atoms with Gasteiger partial charge in [0.1, 0.15) is 22.2 Å². The summed E-state index contributed by atoms with van der Waals surface area (Å²) in [6, 6.07) is 19.9. The number of benzene rings is 3. The number of aromatic hydroxyl groups is 1. The SMILES string of the molecule is COC(=O)c1c(NC(=O)CSc2cccc(NC(=O)/C(=C\c3ccc(O)cc3OC)NC(=O)c3ccccc3)c2)sc2c1CCC(C)C2. The number of carbonyl (C=O) groups is 4. The largest absolute Gasteiger partial charge is 0.508 e. The fourth-order valence-corrected chi connectivity index (χ4v) is 7.42. The van der Waals surface area contributed by atoms with E-state index >= 15 is 0 Å². The molecule has 12 heteroatoms. The van der Waals surface area contributed by atoms with E-state index in [1.54, 1.807) is 54.6 Å². The average molecular weight is 686 g/mol. The third kappa shape index (κ3) is 8.44. The first-order chi connectivity index (χ1) is 23.1. The minimum atomic E-state index is -0.597. The second-order valence-corrected chi connectivity index (χ2v) is 13.3. The molecule has 0 radical (unpaired) electrons. The van der Waals surface area contributed by atoms with Crippen molar-refractivity contribution in [3.05, 3.63) is 106 Å². The molecule has 0 aliphatic heterocycles. The van der Waals surface area contributed by atoms with Crippen molar-refractivity contribution in [1.82, 2.24) is 5.32 Å². The van der Waals surface area contributed by atoms with Crippen LogP contribution in [-0.4, -0.2) is 48.8 Å². The number of hydrogen-bond donors (Lipinski definition) is 4. The summed E-state index contributed by atoms with van der Waals surface area (Å²) >= 11 is 2.70. The van der Waals surface area contributed by atoms with Crippen LogP contribution in [0.5, 0.6) is 11.5 Å². The van der Waals surface area contributed by atoms with Crippen LogP contribution in [0.15, 0.2) is 83.4 Å². The molecule has 1 unspecified atom stereocenters. The van der Waals surface area contributed by atoms with Gasteiger partial charge >= 0.3 is 5.97 Å². The first-order valence-corrected chi connectivity index (χ1v) is 17.0. The van der Waals surface area contributed by atoms with Gasteiger partial charge in [0.2, 0.25) is 5.91 Å². The molecule has 1 aromatic heterocycles. The number of thioether (sulfide) groups is 1. The maximum atomic E-state index is 13.6. The fraction of sp³-hybridized carbons (Fsp3) is 0.222. The Morgan fingerprint density at radius 2 is 1.79 bits per heavy atom. The van der Waals surface area contributed by atoms with Gasteiger partial charge in [0.25, 0.3) is 11.8 Å². The lowest BCUT2D eigenvalue weighted by Crippen LogP contribution is -2.30. The molecule has 0 fully saturated rings. The molecule has 4 N–H and O–H groups in total. The van der Waals surface area contributed by atoms with E-state index < -0.39 is 17.8 Å². The minimum Gasteiger partial charge on any atom is -0.508 e. The number of esters is 1. The molecule has 1 aliphatic carbocycles. The summed E-state index contributed by atoms with van der Waals surface area (Å²) in [5.74, 6) is -0.941. The van der Waals surface area contributed by atoms with Gasteiger partial charge in [-0.2, -0.15) is 0 Å². The highest BCUT2D eigenvalue weighted by Crippen LogP contribution is 2.40. The summed E-state index contributed by atoms with van der Waals surface area (Å²) in [7, 11) is 2.77. The standard InChI is InChI=1S/C36H35N3O7S2/c1-21-12-15-27-30(16-21)48-35(32(27)36(44)46-3)39-31(41)20-47-26-11-7-10-24(18-26)37-34(43)28(38-33(42)22-8-5-4-6-9-22)17-23-13-14-25(40)19-29(23)45-2/h4-11,13-14,17-19,21,40H,12,15-16,20H2,1-3H3,(H,37,43)(H,38,42)(H,39,41)/b28-17+. The summed E-state index contributed by atoms with van der Waals surface area (Å²) in [5, 5.41) is 18.8. The van der Waals surface area contributed by atoms with Crippen LogP contribution in [0.1, 0.15) is 50.1 Å². The smallest absolute Gasteiger partial charge is 0.341 e.